The summed E-state index contributed by atoms with van der Waals surface area (Å²) in [6.07, 6.45) is 0.431. The van der Waals surface area contributed by atoms with Gasteiger partial charge in [-0.15, -0.1) is 0 Å². The average molecular weight is 186 g/mol. The second-order valence-corrected chi connectivity index (χ2v) is 3.88. The van der Waals surface area contributed by atoms with E-state index >= 15 is 0 Å². The molecule has 0 spiro atoms. The molecule has 5 heteroatoms. The van der Waals surface area contributed by atoms with Gasteiger partial charge in [0.25, 0.3) is 0 Å². The molecule has 0 saturated carbocycles. The van der Waals surface area contributed by atoms with Crippen LogP contribution in [0.2, 0.25) is 0 Å². The van der Waals surface area contributed by atoms with Crippen LogP contribution in [0.5, 0.6) is 0 Å². The number of hydrogen-bond acceptors (Lipinski definition) is 3. The predicted molar refractivity (Wildman–Crippen MR) is 32.2 cm³/mol. The van der Waals surface area contributed by atoms with E-state index < -0.39 is 7.60 Å². The third-order valence-electron chi connectivity index (χ3n) is 0.944. The van der Waals surface area contributed by atoms with Crippen molar-refractivity contribution in [3.63, 3.8) is 0 Å². The Bertz CT molecular complexity index is 87.0. The van der Waals surface area contributed by atoms with Crippen LogP contribution in [0.25, 0.3) is 0 Å². The van der Waals surface area contributed by atoms with E-state index in [1.54, 1.807) is 6.92 Å². The summed E-state index contributed by atoms with van der Waals surface area (Å²) in [6.45, 7) is 1.76. The summed E-state index contributed by atoms with van der Waals surface area (Å²) in [5.74, 6) is 0. The van der Waals surface area contributed by atoms with E-state index in [2.05, 4.69) is 9.05 Å². The van der Waals surface area contributed by atoms with Crippen molar-refractivity contribution in [2.75, 3.05) is 20.4 Å². The molecule has 0 N–H and O–H groups in total. The first-order valence-electron chi connectivity index (χ1n) is 2.39. The van der Waals surface area contributed by atoms with Crippen molar-refractivity contribution in [1.29, 1.82) is 0 Å². The fourth-order valence-corrected chi connectivity index (χ4v) is 0.998. The summed E-state index contributed by atoms with van der Waals surface area (Å²) in [4.78, 5) is 0. The first-order valence-corrected chi connectivity index (χ1v) is 4.12. The first-order chi connectivity index (χ1) is 3.68. The molecule has 0 fully saturated rings. The van der Waals surface area contributed by atoms with Crippen molar-refractivity contribution >= 4 is 7.60 Å². The van der Waals surface area contributed by atoms with Gasteiger partial charge in [-0.2, -0.15) is 0 Å². The SMILES string of the molecule is CCP(=O)(OC)OC.[Ti]. The summed E-state index contributed by atoms with van der Waals surface area (Å²) in [5, 5.41) is 0. The van der Waals surface area contributed by atoms with Gasteiger partial charge in [0.2, 0.25) is 0 Å². The van der Waals surface area contributed by atoms with E-state index in [-0.39, 0.29) is 21.7 Å². The second-order valence-electron chi connectivity index (χ2n) is 1.29. The summed E-state index contributed by atoms with van der Waals surface area (Å²) in [6, 6.07) is 0. The summed E-state index contributed by atoms with van der Waals surface area (Å²) in [7, 11) is 0.103. The van der Waals surface area contributed by atoms with Gasteiger partial charge in [-0.25, -0.2) is 0 Å². The van der Waals surface area contributed by atoms with Crippen LogP contribution in [0, 0.1) is 0 Å². The van der Waals surface area contributed by atoms with E-state index in [9.17, 15) is 4.57 Å². The minimum atomic E-state index is -2.66. The summed E-state index contributed by atoms with van der Waals surface area (Å²) >= 11 is 0. The van der Waals surface area contributed by atoms with Gasteiger partial charge in [0.1, 0.15) is 0 Å². The van der Waals surface area contributed by atoms with E-state index in [0.717, 1.165) is 0 Å². The molecule has 9 heavy (non-hydrogen) atoms. The fraction of sp³-hybridized carbons (Fsp3) is 1.00. The molecular formula is C4H11O3PTi. The smallest absolute Gasteiger partial charge is 0.312 e. The van der Waals surface area contributed by atoms with Gasteiger partial charge in [0.15, 0.2) is 0 Å². The van der Waals surface area contributed by atoms with Crippen LogP contribution in [0.1, 0.15) is 6.92 Å². The van der Waals surface area contributed by atoms with Gasteiger partial charge < -0.3 is 9.05 Å². The predicted octanol–water partition coefficient (Wildman–Crippen LogP) is 1.49. The average Bonchev–Trinajstić information content (AvgIpc) is 1.87. The zero-order valence-corrected chi connectivity index (χ0v) is 8.34. The Labute approximate surface area is 70.5 Å². The second kappa shape index (κ2) is 5.63. The Morgan fingerprint density at radius 3 is 1.67 bits per heavy atom. The zero-order valence-electron chi connectivity index (χ0n) is 5.88. The standard InChI is InChI=1S/C4H11O3P.Ti/c1-4-8(5,6-2)7-3;/h4H2,1-3H3;. The quantitative estimate of drug-likeness (QED) is 0.494. The molecule has 0 unspecified atom stereocenters. The van der Waals surface area contributed by atoms with Crippen LogP contribution in [-0.2, 0) is 35.3 Å². The van der Waals surface area contributed by atoms with Gasteiger partial charge in [-0.3, -0.25) is 4.57 Å². The Balaban J connectivity index is 0. The van der Waals surface area contributed by atoms with Crippen LogP contribution >= 0.6 is 7.60 Å². The largest absolute Gasteiger partial charge is 0.329 e. The summed E-state index contributed by atoms with van der Waals surface area (Å²) in [5.41, 5.74) is 0. The molecule has 3 nitrogen and oxygen atoms in total. The number of hydrogen-bond donors (Lipinski definition) is 0. The molecule has 0 aromatic carbocycles. The molecule has 0 aliphatic heterocycles. The Kier molecular flexibility index (Phi) is 7.85. The zero-order chi connectivity index (χ0) is 6.62. The maximum absolute atomic E-state index is 10.9. The van der Waals surface area contributed by atoms with Crippen molar-refractivity contribution in [2.45, 2.75) is 6.92 Å². The van der Waals surface area contributed by atoms with Crippen LogP contribution < -0.4 is 0 Å². The van der Waals surface area contributed by atoms with Crippen molar-refractivity contribution in [1.82, 2.24) is 0 Å². The van der Waals surface area contributed by atoms with Crippen molar-refractivity contribution in [3.05, 3.63) is 0 Å². The first kappa shape index (κ1) is 12.5. The topological polar surface area (TPSA) is 35.5 Å². The van der Waals surface area contributed by atoms with Gasteiger partial charge >= 0.3 is 7.60 Å². The molecule has 0 aliphatic carbocycles. The Morgan fingerprint density at radius 1 is 1.33 bits per heavy atom. The maximum Gasteiger partial charge on any atom is 0.329 e. The molecule has 0 heterocycles. The normalized spacial score (nSPS) is 10.6. The molecular weight excluding hydrogens is 175 g/mol. The monoisotopic (exact) mass is 186 g/mol. The molecule has 0 radical (unpaired) electrons. The van der Waals surface area contributed by atoms with E-state index in [1.165, 1.54) is 14.2 Å². The number of rotatable bonds is 3. The van der Waals surface area contributed by atoms with E-state index in [1.807, 2.05) is 0 Å². The molecule has 0 aromatic heterocycles. The van der Waals surface area contributed by atoms with Crippen LogP contribution in [0.4, 0.5) is 0 Å². The third kappa shape index (κ3) is 4.29. The van der Waals surface area contributed by atoms with Crippen molar-refractivity contribution in [2.24, 2.45) is 0 Å². The van der Waals surface area contributed by atoms with E-state index in [4.69, 9.17) is 0 Å². The minimum absolute atomic E-state index is 0. The van der Waals surface area contributed by atoms with Crippen molar-refractivity contribution in [3.8, 4) is 0 Å². The van der Waals surface area contributed by atoms with E-state index in [0.29, 0.717) is 6.16 Å². The van der Waals surface area contributed by atoms with Crippen LogP contribution in [-0.4, -0.2) is 20.4 Å². The molecule has 0 aromatic rings. The van der Waals surface area contributed by atoms with Crippen LogP contribution in [0.15, 0.2) is 0 Å². The Hall–Kier alpha value is 0.864. The van der Waals surface area contributed by atoms with Gasteiger partial charge in [-0.05, 0) is 0 Å². The van der Waals surface area contributed by atoms with Crippen molar-refractivity contribution < 1.29 is 35.3 Å². The molecule has 0 bridgehead atoms. The van der Waals surface area contributed by atoms with Gasteiger partial charge in [-0.1, -0.05) is 6.92 Å². The molecule has 0 aliphatic rings. The molecule has 0 atom stereocenters. The fourth-order valence-electron chi connectivity index (χ4n) is 0.333. The molecule has 54 valence electrons. The maximum atomic E-state index is 10.9. The Morgan fingerprint density at radius 2 is 1.67 bits per heavy atom. The minimum Gasteiger partial charge on any atom is -0.312 e. The van der Waals surface area contributed by atoms with Crippen LogP contribution in [0.3, 0.4) is 0 Å². The molecule has 0 rings (SSSR count). The van der Waals surface area contributed by atoms with Gasteiger partial charge in [0, 0.05) is 42.1 Å². The summed E-state index contributed by atoms with van der Waals surface area (Å²) < 4.78 is 20.0. The van der Waals surface area contributed by atoms with Gasteiger partial charge in [0.05, 0.1) is 0 Å². The molecule has 0 amide bonds. The third-order valence-corrected chi connectivity index (χ3v) is 2.83. The molecule has 0 saturated heterocycles.